The minimum Gasteiger partial charge on any atom is -0.324 e. The van der Waals surface area contributed by atoms with Crippen molar-refractivity contribution >= 4 is 49.7 Å². The van der Waals surface area contributed by atoms with Gasteiger partial charge >= 0.3 is 22.9 Å². The van der Waals surface area contributed by atoms with Crippen molar-refractivity contribution in [1.29, 1.82) is 0 Å². The number of carbonyl (C=O) groups excluding carboxylic acids is 1. The Morgan fingerprint density at radius 2 is 1.54 bits per heavy atom. The van der Waals surface area contributed by atoms with Gasteiger partial charge in [0, 0.05) is 11.0 Å². The van der Waals surface area contributed by atoms with E-state index in [1.54, 1.807) is 0 Å². The van der Waals surface area contributed by atoms with E-state index in [0.29, 0.717) is 0 Å². The number of rotatable bonds is 9. The molecule has 0 heterocycles. The van der Waals surface area contributed by atoms with E-state index in [0.717, 1.165) is 12.1 Å². The van der Waals surface area contributed by atoms with Crippen LogP contribution in [0.5, 0.6) is 0 Å². The van der Waals surface area contributed by atoms with E-state index < -0.39 is 97.9 Å². The second-order valence-corrected chi connectivity index (χ2v) is 11.6. The first kappa shape index (κ1) is 32.3. The maximum Gasteiger partial charge on any atom is 0.461 e. The van der Waals surface area contributed by atoms with Crippen LogP contribution in [0.3, 0.4) is 0 Å². The van der Waals surface area contributed by atoms with E-state index in [-0.39, 0.29) is 18.2 Å². The summed E-state index contributed by atoms with van der Waals surface area (Å²) in [6.45, 7) is 0. The largest absolute Gasteiger partial charge is 0.461 e. The van der Waals surface area contributed by atoms with Crippen LogP contribution < -0.4 is 5.32 Å². The molecule has 0 aliphatic rings. The molecule has 0 aromatic heterocycles. The fourth-order valence-corrected chi connectivity index (χ4v) is 5.59. The van der Waals surface area contributed by atoms with E-state index in [9.17, 15) is 71.4 Å². The third-order valence-electron chi connectivity index (χ3n) is 4.39. The Hall–Kier alpha value is -2.94. The van der Waals surface area contributed by atoms with Gasteiger partial charge in [-0.2, -0.15) is 43.9 Å². The molecule has 1 amide bonds. The van der Waals surface area contributed by atoms with Crippen LogP contribution in [0.25, 0.3) is 0 Å². The summed E-state index contributed by atoms with van der Waals surface area (Å²) in [5.41, 5.74) is -6.79. The Kier molecular flexibility index (Phi) is 9.03. The average Bonchev–Trinajstić information content (AvgIpc) is 2.77. The number of halogens is 10. The number of alkyl halides is 10. The summed E-state index contributed by atoms with van der Waals surface area (Å²) in [5.74, 6) is -9.63. The number of amides is 1. The molecule has 8 nitrogen and oxygen atoms in total. The molecule has 2 aromatic rings. The molecule has 2 aromatic carbocycles. The number of thioether (sulfide) groups is 1. The number of nitrogens with one attached hydrogen (secondary N) is 1. The van der Waals surface area contributed by atoms with E-state index in [4.69, 9.17) is 0 Å². The van der Waals surface area contributed by atoms with Crippen LogP contribution in [-0.4, -0.2) is 52.1 Å². The first-order valence-electron chi connectivity index (χ1n) is 9.41. The molecule has 0 saturated carbocycles. The van der Waals surface area contributed by atoms with Crippen molar-refractivity contribution in [2.45, 2.75) is 37.5 Å². The van der Waals surface area contributed by atoms with Crippen molar-refractivity contribution in [3.05, 3.63) is 52.6 Å². The van der Waals surface area contributed by atoms with Gasteiger partial charge in [0.05, 0.1) is 26.3 Å². The van der Waals surface area contributed by atoms with Crippen molar-refractivity contribution in [2.75, 3.05) is 11.1 Å². The standard InChI is InChI=1S/C18H10F10N2O6S3/c19-15(20,16(21,22)23)17(24,25)39(35,36)9-5-6-13(11(7-9)30(32)33)38(34)8-14(31)29-10-3-1-2-4-12(10)37-18(26,27)28/h1-7H,8H2,(H,29,31). The van der Waals surface area contributed by atoms with E-state index >= 15 is 0 Å². The lowest BCUT2D eigenvalue weighted by Crippen LogP contribution is -2.55. The highest BCUT2D eigenvalue weighted by Gasteiger charge is 2.78. The Morgan fingerprint density at radius 3 is 2.05 bits per heavy atom. The quantitative estimate of drug-likeness (QED) is 0.167. The minimum absolute atomic E-state index is 0.0664. The zero-order chi connectivity index (χ0) is 30.2. The molecule has 2 rings (SSSR count). The van der Waals surface area contributed by atoms with Crippen molar-refractivity contribution < 1.29 is 66.2 Å². The molecule has 1 atom stereocenters. The predicted molar refractivity (Wildman–Crippen MR) is 114 cm³/mol. The summed E-state index contributed by atoms with van der Waals surface area (Å²) >= 11 is -0.622. The van der Waals surface area contributed by atoms with Crippen molar-refractivity contribution in [1.82, 2.24) is 0 Å². The van der Waals surface area contributed by atoms with E-state index in [1.807, 2.05) is 5.32 Å². The second-order valence-electron chi connectivity index (χ2n) is 7.06. The molecule has 0 radical (unpaired) electrons. The molecule has 0 spiro atoms. The molecule has 1 N–H and O–H groups in total. The number of sulfone groups is 1. The zero-order valence-electron chi connectivity index (χ0n) is 18.1. The fraction of sp³-hybridized carbons (Fsp3) is 0.278. The smallest absolute Gasteiger partial charge is 0.324 e. The van der Waals surface area contributed by atoms with Crippen LogP contribution >= 0.6 is 11.8 Å². The van der Waals surface area contributed by atoms with Gasteiger partial charge in [-0.15, -0.1) is 0 Å². The lowest BCUT2D eigenvalue weighted by molar-refractivity contribution is -0.388. The maximum absolute atomic E-state index is 13.9. The molecular weight excluding hydrogens is 626 g/mol. The monoisotopic (exact) mass is 636 g/mol. The van der Waals surface area contributed by atoms with Crippen molar-refractivity contribution in [2.24, 2.45) is 0 Å². The molecule has 39 heavy (non-hydrogen) atoms. The Balaban J connectivity index is 2.40. The van der Waals surface area contributed by atoms with Crippen LogP contribution in [0.1, 0.15) is 0 Å². The van der Waals surface area contributed by atoms with Crippen molar-refractivity contribution in [3.8, 4) is 0 Å². The predicted octanol–water partition coefficient (Wildman–Crippen LogP) is 5.52. The number of carbonyl (C=O) groups is 1. The number of nitrogens with zero attached hydrogens (tertiary/aromatic N) is 1. The van der Waals surface area contributed by atoms with Crippen LogP contribution in [0.2, 0.25) is 0 Å². The summed E-state index contributed by atoms with van der Waals surface area (Å²) in [7, 11) is -9.77. The summed E-state index contributed by atoms with van der Waals surface area (Å²) in [6.07, 6.45) is -7.04. The molecule has 0 aliphatic heterocycles. The van der Waals surface area contributed by atoms with Crippen LogP contribution in [0.15, 0.2) is 57.2 Å². The Morgan fingerprint density at radius 1 is 0.974 bits per heavy atom. The van der Waals surface area contributed by atoms with Gasteiger partial charge in [0.2, 0.25) is 5.91 Å². The molecule has 0 aliphatic carbocycles. The number of hydrogen-bond donors (Lipinski definition) is 1. The number of para-hydroxylation sites is 1. The highest BCUT2D eigenvalue weighted by atomic mass is 32.2. The van der Waals surface area contributed by atoms with Gasteiger partial charge in [0.1, 0.15) is 10.6 Å². The highest BCUT2D eigenvalue weighted by Crippen LogP contribution is 2.51. The number of anilines is 1. The normalized spacial score (nSPS) is 14.1. The SMILES string of the molecule is O=C(CS(=O)c1ccc(S(=O)(=O)C(F)(F)C(F)(F)C(F)(F)F)cc1[N+](=O)[O-])Nc1ccccc1SC(F)(F)F. The summed E-state index contributed by atoms with van der Waals surface area (Å²) in [4.78, 5) is 18.4. The van der Waals surface area contributed by atoms with Gasteiger partial charge in [0.25, 0.3) is 15.5 Å². The van der Waals surface area contributed by atoms with Gasteiger partial charge in [-0.05, 0) is 36.0 Å². The first-order valence-corrected chi connectivity index (χ1v) is 13.0. The van der Waals surface area contributed by atoms with E-state index in [1.165, 1.54) is 12.1 Å². The molecule has 1 unspecified atom stereocenters. The van der Waals surface area contributed by atoms with Gasteiger partial charge in [-0.3, -0.25) is 19.1 Å². The first-order chi connectivity index (χ1) is 17.5. The van der Waals surface area contributed by atoms with Crippen molar-refractivity contribution in [3.63, 3.8) is 0 Å². The maximum atomic E-state index is 13.9. The Bertz CT molecular complexity index is 1410. The number of nitro benzene ring substituents is 1. The lowest BCUT2D eigenvalue weighted by atomic mass is 10.3. The minimum atomic E-state index is -7.12. The number of hydrogen-bond acceptors (Lipinski definition) is 7. The van der Waals surface area contributed by atoms with Crippen LogP contribution in [-0.2, 0) is 25.4 Å². The van der Waals surface area contributed by atoms with Gasteiger partial charge in [-0.25, -0.2) is 8.42 Å². The summed E-state index contributed by atoms with van der Waals surface area (Å²) in [5, 5.41) is 6.45. The number of benzene rings is 2. The van der Waals surface area contributed by atoms with E-state index in [2.05, 4.69) is 0 Å². The third kappa shape index (κ3) is 6.80. The molecule has 0 saturated heterocycles. The Labute approximate surface area is 217 Å². The number of nitro groups is 1. The van der Waals surface area contributed by atoms with Gasteiger partial charge < -0.3 is 5.32 Å². The highest BCUT2D eigenvalue weighted by molar-refractivity contribution is 8.00. The van der Waals surface area contributed by atoms with Gasteiger partial charge in [0.15, 0.2) is 0 Å². The summed E-state index contributed by atoms with van der Waals surface area (Å²) in [6, 6.07) is 4.15. The second kappa shape index (κ2) is 10.9. The summed E-state index contributed by atoms with van der Waals surface area (Å²) < 4.78 is 166. The molecule has 21 heteroatoms. The van der Waals surface area contributed by atoms with Crippen LogP contribution in [0, 0.1) is 10.1 Å². The van der Waals surface area contributed by atoms with Crippen LogP contribution in [0.4, 0.5) is 55.3 Å². The zero-order valence-corrected chi connectivity index (χ0v) is 20.6. The molecule has 0 bridgehead atoms. The topological polar surface area (TPSA) is 123 Å². The fourth-order valence-electron chi connectivity index (χ4n) is 2.65. The molecule has 0 fully saturated rings. The third-order valence-corrected chi connectivity index (χ3v) is 8.36. The molecule has 216 valence electrons. The van der Waals surface area contributed by atoms with Gasteiger partial charge in [-0.1, -0.05) is 12.1 Å². The lowest BCUT2D eigenvalue weighted by Gasteiger charge is -2.27. The molecular formula is C18H10F10N2O6S3. The average molecular weight is 636 g/mol.